The molecule has 1 fully saturated rings. The van der Waals surface area contributed by atoms with Crippen molar-refractivity contribution in [2.24, 2.45) is 5.92 Å². The van der Waals surface area contributed by atoms with E-state index in [1.54, 1.807) is 14.2 Å². The molecule has 0 radical (unpaired) electrons. The lowest BCUT2D eigenvalue weighted by Gasteiger charge is -2.24. The molecule has 0 bridgehead atoms. The van der Waals surface area contributed by atoms with Crippen LogP contribution in [-0.4, -0.2) is 36.9 Å². The molecule has 5 nitrogen and oxygen atoms in total. The van der Waals surface area contributed by atoms with Gasteiger partial charge in [0, 0.05) is 20.8 Å². The molecule has 17 heavy (non-hydrogen) atoms. The summed E-state index contributed by atoms with van der Waals surface area (Å²) in [6, 6.07) is 0. The minimum absolute atomic E-state index is 0.325. The molecule has 1 aliphatic heterocycles. The Kier molecular flexibility index (Phi) is 4.53. The minimum atomic E-state index is -0.325. The maximum Gasteiger partial charge on any atom is 0.200 e. The van der Waals surface area contributed by atoms with Crippen LogP contribution < -0.4 is 5.32 Å². The Labute approximate surface area is 102 Å². The summed E-state index contributed by atoms with van der Waals surface area (Å²) in [4.78, 5) is 4.19. The molecular weight excluding hydrogens is 218 g/mol. The summed E-state index contributed by atoms with van der Waals surface area (Å²) >= 11 is 0. The molecule has 1 aromatic heterocycles. The summed E-state index contributed by atoms with van der Waals surface area (Å²) in [5.74, 6) is 0.672. The summed E-state index contributed by atoms with van der Waals surface area (Å²) in [6.07, 6.45) is 5.87. The van der Waals surface area contributed by atoms with Gasteiger partial charge in [-0.3, -0.25) is 0 Å². The van der Waals surface area contributed by atoms with E-state index in [4.69, 9.17) is 9.47 Å². The largest absolute Gasteiger partial charge is 0.350 e. The highest BCUT2D eigenvalue weighted by molar-refractivity contribution is 5.00. The molecule has 0 spiro atoms. The molecule has 0 aromatic carbocycles. The first-order chi connectivity index (χ1) is 8.35. The van der Waals surface area contributed by atoms with Crippen LogP contribution in [0.5, 0.6) is 0 Å². The summed E-state index contributed by atoms with van der Waals surface area (Å²) in [5.41, 5.74) is 0.987. The number of imidazole rings is 1. The van der Waals surface area contributed by atoms with Crippen LogP contribution in [0.4, 0.5) is 0 Å². The third-order valence-electron chi connectivity index (χ3n) is 3.27. The summed E-state index contributed by atoms with van der Waals surface area (Å²) in [6.45, 7) is 3.21. The average molecular weight is 239 g/mol. The summed E-state index contributed by atoms with van der Waals surface area (Å²) in [5, 5.41) is 3.43. The van der Waals surface area contributed by atoms with Gasteiger partial charge in [0.1, 0.15) is 0 Å². The fraction of sp³-hybridized carbons (Fsp3) is 0.750. The zero-order valence-corrected chi connectivity index (χ0v) is 10.6. The quantitative estimate of drug-likeness (QED) is 0.784. The molecule has 1 atom stereocenters. The van der Waals surface area contributed by atoms with E-state index in [2.05, 4.69) is 14.9 Å². The Hall–Kier alpha value is -0.910. The molecule has 1 N–H and O–H groups in total. The number of methoxy groups -OCH3 is 2. The van der Waals surface area contributed by atoms with Gasteiger partial charge in [-0.05, 0) is 31.8 Å². The number of nitrogens with one attached hydrogen (secondary N) is 1. The Balaban J connectivity index is 2.02. The number of aromatic nitrogens is 2. The zero-order chi connectivity index (χ0) is 12.1. The van der Waals surface area contributed by atoms with Crippen molar-refractivity contribution in [1.29, 1.82) is 0 Å². The van der Waals surface area contributed by atoms with Crippen LogP contribution in [0.1, 0.15) is 24.8 Å². The predicted molar refractivity (Wildman–Crippen MR) is 64.6 cm³/mol. The standard InChI is InChI=1S/C12H21N3O2/c1-16-12(17-2)11-7-14-9-15(11)8-10-4-3-5-13-6-10/h7,9-10,12-13H,3-6,8H2,1-2H3. The SMILES string of the molecule is COC(OC)c1cncn1CC1CCCNC1. The van der Waals surface area contributed by atoms with Crippen LogP contribution in [-0.2, 0) is 16.0 Å². The molecule has 2 rings (SSSR count). The predicted octanol–water partition coefficient (Wildman–Crippen LogP) is 1.17. The fourth-order valence-corrected chi connectivity index (χ4v) is 2.38. The van der Waals surface area contributed by atoms with Crippen molar-refractivity contribution in [2.75, 3.05) is 27.3 Å². The molecule has 0 amide bonds. The Morgan fingerprint density at radius 2 is 2.35 bits per heavy atom. The topological polar surface area (TPSA) is 48.3 Å². The van der Waals surface area contributed by atoms with Crippen LogP contribution in [0.2, 0.25) is 0 Å². The third-order valence-corrected chi connectivity index (χ3v) is 3.27. The molecule has 5 heteroatoms. The molecule has 0 saturated carbocycles. The maximum atomic E-state index is 5.28. The van der Waals surface area contributed by atoms with Gasteiger partial charge in [0.2, 0.25) is 0 Å². The van der Waals surface area contributed by atoms with Crippen molar-refractivity contribution in [3.8, 4) is 0 Å². The lowest BCUT2D eigenvalue weighted by Crippen LogP contribution is -2.32. The van der Waals surface area contributed by atoms with Crippen molar-refractivity contribution in [3.63, 3.8) is 0 Å². The minimum Gasteiger partial charge on any atom is -0.350 e. The van der Waals surface area contributed by atoms with Crippen molar-refractivity contribution in [3.05, 3.63) is 18.2 Å². The lowest BCUT2D eigenvalue weighted by molar-refractivity contribution is -0.110. The van der Waals surface area contributed by atoms with Gasteiger partial charge in [-0.25, -0.2) is 4.98 Å². The van der Waals surface area contributed by atoms with Gasteiger partial charge in [0.15, 0.2) is 6.29 Å². The fourth-order valence-electron chi connectivity index (χ4n) is 2.38. The number of hydrogen-bond acceptors (Lipinski definition) is 4. The second-order valence-corrected chi connectivity index (χ2v) is 4.49. The van der Waals surface area contributed by atoms with Crippen LogP contribution in [0.3, 0.4) is 0 Å². The molecule has 1 aromatic rings. The summed E-state index contributed by atoms with van der Waals surface area (Å²) in [7, 11) is 3.29. The van der Waals surface area contributed by atoms with E-state index in [0.29, 0.717) is 5.92 Å². The van der Waals surface area contributed by atoms with Crippen LogP contribution in [0.15, 0.2) is 12.5 Å². The third kappa shape index (κ3) is 3.06. The van der Waals surface area contributed by atoms with E-state index in [1.165, 1.54) is 12.8 Å². The van der Waals surface area contributed by atoms with Gasteiger partial charge in [0.25, 0.3) is 0 Å². The molecule has 1 unspecified atom stereocenters. The van der Waals surface area contributed by atoms with E-state index >= 15 is 0 Å². The number of rotatable bonds is 5. The number of nitrogens with zero attached hydrogens (tertiary/aromatic N) is 2. The van der Waals surface area contributed by atoms with Gasteiger partial charge in [-0.1, -0.05) is 0 Å². The van der Waals surface area contributed by atoms with E-state index in [1.807, 2.05) is 12.5 Å². The van der Waals surface area contributed by atoms with Crippen LogP contribution in [0.25, 0.3) is 0 Å². The maximum absolute atomic E-state index is 5.28. The highest BCUT2D eigenvalue weighted by atomic mass is 16.7. The first-order valence-corrected chi connectivity index (χ1v) is 6.11. The number of piperidine rings is 1. The van der Waals surface area contributed by atoms with Crippen molar-refractivity contribution in [1.82, 2.24) is 14.9 Å². The Morgan fingerprint density at radius 1 is 1.53 bits per heavy atom. The zero-order valence-electron chi connectivity index (χ0n) is 10.6. The first-order valence-electron chi connectivity index (χ1n) is 6.11. The highest BCUT2D eigenvalue weighted by Gasteiger charge is 2.18. The first kappa shape index (κ1) is 12.5. The Morgan fingerprint density at radius 3 is 3.00 bits per heavy atom. The van der Waals surface area contributed by atoms with Crippen molar-refractivity contribution < 1.29 is 9.47 Å². The van der Waals surface area contributed by atoms with Crippen molar-refractivity contribution >= 4 is 0 Å². The van der Waals surface area contributed by atoms with Crippen LogP contribution in [0, 0.1) is 5.92 Å². The molecular formula is C12H21N3O2. The Bertz CT molecular complexity index is 330. The van der Waals surface area contributed by atoms with Gasteiger partial charge in [-0.2, -0.15) is 0 Å². The van der Waals surface area contributed by atoms with E-state index < -0.39 is 0 Å². The average Bonchev–Trinajstić information content (AvgIpc) is 2.81. The van der Waals surface area contributed by atoms with Crippen molar-refractivity contribution in [2.45, 2.75) is 25.7 Å². The molecule has 0 aliphatic carbocycles. The normalized spacial score (nSPS) is 21.0. The second-order valence-electron chi connectivity index (χ2n) is 4.49. The van der Waals surface area contributed by atoms with Crippen LogP contribution >= 0.6 is 0 Å². The van der Waals surface area contributed by atoms with Gasteiger partial charge < -0.3 is 19.4 Å². The van der Waals surface area contributed by atoms with Gasteiger partial charge in [0.05, 0.1) is 18.2 Å². The second kappa shape index (κ2) is 6.14. The van der Waals surface area contributed by atoms with E-state index in [9.17, 15) is 0 Å². The van der Waals surface area contributed by atoms with Gasteiger partial charge >= 0.3 is 0 Å². The van der Waals surface area contributed by atoms with E-state index in [-0.39, 0.29) is 6.29 Å². The van der Waals surface area contributed by atoms with Gasteiger partial charge in [-0.15, -0.1) is 0 Å². The number of hydrogen-bond donors (Lipinski definition) is 1. The van der Waals surface area contributed by atoms with E-state index in [0.717, 1.165) is 25.3 Å². The highest BCUT2D eigenvalue weighted by Crippen LogP contribution is 2.20. The monoisotopic (exact) mass is 239 g/mol. The molecule has 1 aliphatic rings. The molecule has 2 heterocycles. The lowest BCUT2D eigenvalue weighted by atomic mass is 10.00. The number of ether oxygens (including phenoxy) is 2. The molecule has 1 saturated heterocycles. The molecule has 96 valence electrons. The smallest absolute Gasteiger partial charge is 0.200 e. The summed E-state index contributed by atoms with van der Waals surface area (Å²) < 4.78 is 12.7.